The summed E-state index contributed by atoms with van der Waals surface area (Å²) in [6.45, 7) is 4.91. The maximum absolute atomic E-state index is 5.25. The first-order chi connectivity index (χ1) is 16.6. The lowest BCUT2D eigenvalue weighted by molar-refractivity contribution is 0.489. The predicted octanol–water partition coefficient (Wildman–Crippen LogP) is 6.56. The highest BCUT2D eigenvalue weighted by molar-refractivity contribution is 5.87. The molecule has 0 radical (unpaired) electrons. The molecule has 6 heteroatoms. The lowest BCUT2D eigenvalue weighted by atomic mass is 9.95. The van der Waals surface area contributed by atoms with Crippen LogP contribution in [-0.4, -0.2) is 35.3 Å². The molecule has 1 aromatic heterocycles. The normalized spacial score (nSPS) is 17.1. The van der Waals surface area contributed by atoms with Gasteiger partial charge in [0.05, 0.1) is 22.8 Å². The van der Waals surface area contributed by atoms with Gasteiger partial charge in [-0.2, -0.15) is 5.11 Å². The molecule has 2 aromatic carbocycles. The lowest BCUT2D eigenvalue weighted by Gasteiger charge is -2.35. The van der Waals surface area contributed by atoms with E-state index < -0.39 is 0 Å². The summed E-state index contributed by atoms with van der Waals surface area (Å²) in [7, 11) is 2.18. The van der Waals surface area contributed by atoms with Crippen molar-refractivity contribution in [3.63, 3.8) is 0 Å². The van der Waals surface area contributed by atoms with E-state index in [1.165, 1.54) is 17.5 Å². The third-order valence-electron chi connectivity index (χ3n) is 6.95. The van der Waals surface area contributed by atoms with E-state index in [-0.39, 0.29) is 0 Å². The SMILES string of the molecule is Cc1ccc(-c2nc3c(nc2-c2ccc(C)cc2)N(C)C(CCCCC2=NN=NC2)CC3)cc1. The number of nitrogens with zero attached hydrogens (tertiary/aromatic N) is 6. The molecule has 1 unspecified atom stereocenters. The molecule has 0 fully saturated rings. The number of aromatic nitrogens is 2. The topological polar surface area (TPSA) is 66.1 Å². The van der Waals surface area contributed by atoms with Gasteiger partial charge in [0.15, 0.2) is 5.82 Å². The van der Waals surface area contributed by atoms with Crippen LogP contribution in [0.15, 0.2) is 64.0 Å². The number of benzene rings is 2. The van der Waals surface area contributed by atoms with Crippen LogP contribution in [0.2, 0.25) is 0 Å². The van der Waals surface area contributed by atoms with E-state index in [0.29, 0.717) is 12.6 Å². The summed E-state index contributed by atoms with van der Waals surface area (Å²) in [4.78, 5) is 12.8. The van der Waals surface area contributed by atoms with Crippen LogP contribution in [0.1, 0.15) is 48.9 Å². The van der Waals surface area contributed by atoms with Crippen LogP contribution in [0.5, 0.6) is 0 Å². The van der Waals surface area contributed by atoms with Gasteiger partial charge in [-0.15, -0.1) is 5.10 Å². The van der Waals surface area contributed by atoms with Gasteiger partial charge >= 0.3 is 0 Å². The minimum Gasteiger partial charge on any atom is -0.355 e. The second kappa shape index (κ2) is 9.84. The van der Waals surface area contributed by atoms with Crippen LogP contribution in [0.3, 0.4) is 0 Å². The maximum Gasteiger partial charge on any atom is 0.151 e. The van der Waals surface area contributed by atoms with E-state index >= 15 is 0 Å². The van der Waals surface area contributed by atoms with Crippen molar-refractivity contribution in [2.75, 3.05) is 18.5 Å². The first kappa shape index (κ1) is 22.4. The molecule has 5 rings (SSSR count). The Morgan fingerprint density at radius 1 is 0.853 bits per heavy atom. The molecular formula is C28H32N6. The van der Waals surface area contributed by atoms with Gasteiger partial charge in [-0.3, -0.25) is 0 Å². The molecule has 0 bridgehead atoms. The van der Waals surface area contributed by atoms with E-state index in [4.69, 9.17) is 9.97 Å². The van der Waals surface area contributed by atoms with Crippen molar-refractivity contribution in [3.05, 3.63) is 65.4 Å². The van der Waals surface area contributed by atoms with Crippen molar-refractivity contribution >= 4 is 11.5 Å². The fourth-order valence-corrected chi connectivity index (χ4v) is 4.82. The molecule has 0 aliphatic carbocycles. The average molecular weight is 453 g/mol. The molecule has 0 amide bonds. The Bertz CT molecular complexity index is 1210. The van der Waals surface area contributed by atoms with Crippen LogP contribution in [-0.2, 0) is 6.42 Å². The fourth-order valence-electron chi connectivity index (χ4n) is 4.82. The molecule has 3 heterocycles. The summed E-state index contributed by atoms with van der Waals surface area (Å²) in [6.07, 6.45) is 6.53. The van der Waals surface area contributed by atoms with Crippen molar-refractivity contribution in [3.8, 4) is 22.5 Å². The van der Waals surface area contributed by atoms with Gasteiger partial charge in [-0.1, -0.05) is 66.1 Å². The highest BCUT2D eigenvalue weighted by Gasteiger charge is 2.27. The van der Waals surface area contributed by atoms with Gasteiger partial charge in [0.2, 0.25) is 0 Å². The minimum atomic E-state index is 0.484. The van der Waals surface area contributed by atoms with Gasteiger partial charge in [-0.25, -0.2) is 9.97 Å². The Morgan fingerprint density at radius 3 is 2.12 bits per heavy atom. The van der Waals surface area contributed by atoms with Gasteiger partial charge in [0.25, 0.3) is 0 Å². The van der Waals surface area contributed by atoms with E-state index in [0.717, 1.165) is 71.8 Å². The molecule has 1 atom stereocenters. The van der Waals surface area contributed by atoms with Crippen LogP contribution in [0, 0.1) is 13.8 Å². The van der Waals surface area contributed by atoms with Crippen LogP contribution in [0.4, 0.5) is 5.82 Å². The summed E-state index contributed by atoms with van der Waals surface area (Å²) >= 11 is 0. The quantitative estimate of drug-likeness (QED) is 0.381. The van der Waals surface area contributed by atoms with Gasteiger partial charge < -0.3 is 4.90 Å². The third kappa shape index (κ3) is 4.76. The zero-order valence-corrected chi connectivity index (χ0v) is 20.3. The predicted molar refractivity (Wildman–Crippen MR) is 139 cm³/mol. The van der Waals surface area contributed by atoms with Crippen molar-refractivity contribution in [2.24, 2.45) is 15.4 Å². The maximum atomic E-state index is 5.25. The fraction of sp³-hybridized carbons (Fsp3) is 0.393. The summed E-state index contributed by atoms with van der Waals surface area (Å²) in [5.41, 5.74) is 8.88. The van der Waals surface area contributed by atoms with Crippen molar-refractivity contribution in [2.45, 2.75) is 58.4 Å². The summed E-state index contributed by atoms with van der Waals surface area (Å²) in [5.74, 6) is 1.03. The standard InChI is InChI=1S/C28H32N6/c1-19-8-12-21(13-9-19)26-27(22-14-10-20(2)11-15-22)31-28-25(30-26)17-16-24(34(28)3)7-5-4-6-23-18-29-33-32-23/h8-15,24H,4-7,16-18H2,1-3H3. The van der Waals surface area contributed by atoms with E-state index in [2.05, 4.69) is 89.8 Å². The first-order valence-electron chi connectivity index (χ1n) is 12.3. The monoisotopic (exact) mass is 452 g/mol. The van der Waals surface area contributed by atoms with E-state index in [9.17, 15) is 0 Å². The number of fused-ring (bicyclic) bond motifs is 1. The summed E-state index contributed by atoms with van der Waals surface area (Å²) in [5, 5.41) is 11.8. The molecule has 2 aliphatic heterocycles. The summed E-state index contributed by atoms with van der Waals surface area (Å²) in [6, 6.07) is 17.7. The van der Waals surface area contributed by atoms with Crippen molar-refractivity contribution in [1.29, 1.82) is 0 Å². The molecule has 0 saturated heterocycles. The van der Waals surface area contributed by atoms with Crippen molar-refractivity contribution < 1.29 is 0 Å². The highest BCUT2D eigenvalue weighted by atomic mass is 15.4. The highest BCUT2D eigenvalue weighted by Crippen LogP contribution is 2.36. The molecule has 6 nitrogen and oxygen atoms in total. The molecule has 0 saturated carbocycles. The molecule has 0 N–H and O–H groups in total. The summed E-state index contributed by atoms with van der Waals surface area (Å²) < 4.78 is 0. The zero-order chi connectivity index (χ0) is 23.5. The second-order valence-corrected chi connectivity index (χ2v) is 9.53. The number of anilines is 1. The molecule has 34 heavy (non-hydrogen) atoms. The molecule has 174 valence electrons. The first-order valence-corrected chi connectivity index (χ1v) is 12.3. The van der Waals surface area contributed by atoms with E-state index in [1.54, 1.807) is 0 Å². The van der Waals surface area contributed by atoms with E-state index in [1.807, 2.05) is 0 Å². The Hall–Kier alpha value is -3.41. The van der Waals surface area contributed by atoms with Gasteiger partial charge in [0.1, 0.15) is 6.54 Å². The number of hydrogen-bond donors (Lipinski definition) is 0. The minimum absolute atomic E-state index is 0.484. The number of rotatable bonds is 7. The number of aryl methyl sites for hydroxylation is 3. The lowest BCUT2D eigenvalue weighted by Crippen LogP contribution is -2.37. The molecule has 0 spiro atoms. The second-order valence-electron chi connectivity index (χ2n) is 9.53. The Morgan fingerprint density at radius 2 is 1.50 bits per heavy atom. The largest absolute Gasteiger partial charge is 0.355 e. The van der Waals surface area contributed by atoms with Crippen LogP contribution in [0.25, 0.3) is 22.5 Å². The molecule has 2 aliphatic rings. The Kier molecular flexibility index (Phi) is 6.48. The Labute approximate surface area is 201 Å². The smallest absolute Gasteiger partial charge is 0.151 e. The number of unbranched alkanes of at least 4 members (excludes halogenated alkanes) is 1. The third-order valence-corrected chi connectivity index (χ3v) is 6.95. The van der Waals surface area contributed by atoms with Gasteiger partial charge in [0, 0.05) is 24.2 Å². The average Bonchev–Trinajstić information content (AvgIpc) is 3.37. The van der Waals surface area contributed by atoms with Crippen LogP contribution >= 0.6 is 0 Å². The van der Waals surface area contributed by atoms with Crippen molar-refractivity contribution in [1.82, 2.24) is 9.97 Å². The Balaban J connectivity index is 1.41. The van der Waals surface area contributed by atoms with Gasteiger partial charge in [-0.05, 0) is 51.2 Å². The number of hydrogen-bond acceptors (Lipinski definition) is 6. The zero-order valence-electron chi connectivity index (χ0n) is 20.3. The van der Waals surface area contributed by atoms with Crippen LogP contribution < -0.4 is 4.90 Å². The molecule has 3 aromatic rings. The molecular weight excluding hydrogens is 420 g/mol.